The van der Waals surface area contributed by atoms with E-state index in [1.54, 1.807) is 0 Å². The van der Waals surface area contributed by atoms with Gasteiger partial charge in [0.1, 0.15) is 11.4 Å². The predicted octanol–water partition coefficient (Wildman–Crippen LogP) is 4.15. The Labute approximate surface area is 114 Å². The summed E-state index contributed by atoms with van der Waals surface area (Å²) < 4.78 is 63.1. The fraction of sp³-hybridized carbons (Fsp3) is 0.182. The molecular weight excluding hydrogens is 305 g/mol. The third-order valence-electron chi connectivity index (χ3n) is 2.27. The minimum Gasteiger partial charge on any atom is -0.253 e. The number of aromatic nitrogens is 3. The molecule has 0 fully saturated rings. The summed E-state index contributed by atoms with van der Waals surface area (Å²) in [4.78, 5) is 10.1. The second kappa shape index (κ2) is 5.28. The highest BCUT2D eigenvalue weighted by Crippen LogP contribution is 2.34. The molecule has 106 valence electrons. The number of rotatable bonds is 2. The van der Waals surface area contributed by atoms with Crippen molar-refractivity contribution in [1.82, 2.24) is 15.0 Å². The van der Waals surface area contributed by atoms with E-state index in [0.29, 0.717) is 0 Å². The van der Waals surface area contributed by atoms with E-state index in [-0.39, 0.29) is 16.4 Å². The van der Waals surface area contributed by atoms with Gasteiger partial charge in [0.25, 0.3) is 6.43 Å². The summed E-state index contributed by atoms with van der Waals surface area (Å²) in [6.45, 7) is 0. The molecule has 9 heteroatoms. The molecule has 0 saturated heterocycles. The monoisotopic (exact) mass is 309 g/mol. The van der Waals surface area contributed by atoms with Crippen LogP contribution in [0.1, 0.15) is 17.8 Å². The van der Waals surface area contributed by atoms with Crippen LogP contribution >= 0.6 is 11.6 Å². The summed E-state index contributed by atoms with van der Waals surface area (Å²) in [7, 11) is 0. The first-order chi connectivity index (χ1) is 9.29. The lowest BCUT2D eigenvalue weighted by molar-refractivity contribution is -0.143. The van der Waals surface area contributed by atoms with Crippen molar-refractivity contribution in [1.29, 1.82) is 0 Å². The lowest BCUT2D eigenvalue weighted by atomic mass is 10.2. The molecule has 0 aromatic carbocycles. The highest BCUT2D eigenvalue weighted by Gasteiger charge is 2.39. The topological polar surface area (TPSA) is 38.7 Å². The molecular formula is C11H5ClF5N3. The molecule has 0 aliphatic rings. The molecule has 2 aromatic rings. The smallest absolute Gasteiger partial charge is 0.253 e. The number of pyridine rings is 1. The van der Waals surface area contributed by atoms with Crippen molar-refractivity contribution in [3.05, 3.63) is 40.9 Å². The van der Waals surface area contributed by atoms with E-state index < -0.39 is 24.0 Å². The van der Waals surface area contributed by atoms with Gasteiger partial charge in [-0.15, -0.1) is 0 Å². The molecule has 2 heterocycles. The van der Waals surface area contributed by atoms with E-state index >= 15 is 0 Å². The van der Waals surface area contributed by atoms with Crippen molar-refractivity contribution in [3.63, 3.8) is 0 Å². The zero-order chi connectivity index (χ0) is 14.9. The lowest BCUT2D eigenvalue weighted by Crippen LogP contribution is -2.14. The van der Waals surface area contributed by atoms with Gasteiger partial charge in [0.15, 0.2) is 5.69 Å². The Balaban J connectivity index is 2.55. The number of hydrogen-bond acceptors (Lipinski definition) is 3. The lowest BCUT2D eigenvalue weighted by Gasteiger charge is -2.11. The summed E-state index contributed by atoms with van der Waals surface area (Å²) in [6.07, 6.45) is -6.38. The van der Waals surface area contributed by atoms with Crippen molar-refractivity contribution < 1.29 is 22.0 Å². The van der Waals surface area contributed by atoms with Gasteiger partial charge in [0, 0.05) is 6.20 Å². The third kappa shape index (κ3) is 3.01. The molecule has 0 radical (unpaired) electrons. The molecule has 2 rings (SSSR count). The van der Waals surface area contributed by atoms with Gasteiger partial charge in [-0.1, -0.05) is 11.6 Å². The summed E-state index contributed by atoms with van der Waals surface area (Å²) >= 11 is 5.59. The number of halogens is 6. The zero-order valence-corrected chi connectivity index (χ0v) is 10.3. The van der Waals surface area contributed by atoms with Crippen LogP contribution in [-0.4, -0.2) is 15.0 Å². The number of alkyl halides is 5. The standard InChI is InChI=1S/C11H5ClF5N3/c12-5-1-2-6(18-3-5)7-4-19-8(10(13)14)9(20-7)11(15,16)17/h1-4,10H. The molecule has 2 aromatic heterocycles. The Morgan fingerprint density at radius 3 is 2.20 bits per heavy atom. The molecule has 0 saturated carbocycles. The van der Waals surface area contributed by atoms with Crippen LogP contribution < -0.4 is 0 Å². The first-order valence-corrected chi connectivity index (χ1v) is 5.51. The Kier molecular flexibility index (Phi) is 3.85. The van der Waals surface area contributed by atoms with Gasteiger partial charge < -0.3 is 0 Å². The minimum absolute atomic E-state index is 0.0493. The second-order valence-electron chi connectivity index (χ2n) is 3.65. The molecule has 0 aliphatic heterocycles. The van der Waals surface area contributed by atoms with Crippen LogP contribution in [0.3, 0.4) is 0 Å². The van der Waals surface area contributed by atoms with E-state index in [0.717, 1.165) is 6.20 Å². The summed E-state index contributed by atoms with van der Waals surface area (Å²) in [5.41, 5.74) is -3.34. The van der Waals surface area contributed by atoms with Gasteiger partial charge in [0.2, 0.25) is 0 Å². The number of nitrogens with zero attached hydrogens (tertiary/aromatic N) is 3. The Morgan fingerprint density at radius 2 is 1.70 bits per heavy atom. The molecule has 0 aliphatic carbocycles. The summed E-state index contributed by atoms with van der Waals surface area (Å²) in [5, 5.41) is 0.280. The molecule has 3 nitrogen and oxygen atoms in total. The fourth-order valence-electron chi connectivity index (χ4n) is 1.42. The Hall–Kier alpha value is -1.83. The maximum Gasteiger partial charge on any atom is 0.435 e. The first-order valence-electron chi connectivity index (χ1n) is 5.13. The van der Waals surface area contributed by atoms with E-state index in [2.05, 4.69) is 15.0 Å². The molecule has 0 spiro atoms. The van der Waals surface area contributed by atoms with E-state index in [1.165, 1.54) is 18.3 Å². The van der Waals surface area contributed by atoms with Crippen molar-refractivity contribution >= 4 is 11.6 Å². The fourth-order valence-corrected chi connectivity index (χ4v) is 1.53. The zero-order valence-electron chi connectivity index (χ0n) is 9.50. The quantitative estimate of drug-likeness (QED) is 0.782. The van der Waals surface area contributed by atoms with E-state index in [9.17, 15) is 22.0 Å². The van der Waals surface area contributed by atoms with Gasteiger partial charge >= 0.3 is 6.18 Å². The van der Waals surface area contributed by atoms with E-state index in [4.69, 9.17) is 11.6 Å². The molecule has 0 bridgehead atoms. The van der Waals surface area contributed by atoms with Crippen LogP contribution in [0.4, 0.5) is 22.0 Å². The van der Waals surface area contributed by atoms with Crippen molar-refractivity contribution in [3.8, 4) is 11.4 Å². The first kappa shape index (κ1) is 14.6. The normalized spacial score (nSPS) is 11.9. The van der Waals surface area contributed by atoms with Crippen LogP contribution in [0.25, 0.3) is 11.4 Å². The van der Waals surface area contributed by atoms with Crippen LogP contribution in [0, 0.1) is 0 Å². The summed E-state index contributed by atoms with van der Waals surface area (Å²) in [5.74, 6) is 0. The van der Waals surface area contributed by atoms with Crippen LogP contribution in [0.15, 0.2) is 24.5 Å². The minimum atomic E-state index is -5.03. The molecule has 0 amide bonds. The van der Waals surface area contributed by atoms with Gasteiger partial charge in [-0.25, -0.2) is 13.8 Å². The maximum absolute atomic E-state index is 12.7. The van der Waals surface area contributed by atoms with Gasteiger partial charge in [-0.05, 0) is 12.1 Å². The van der Waals surface area contributed by atoms with Crippen molar-refractivity contribution in [2.24, 2.45) is 0 Å². The number of hydrogen-bond donors (Lipinski definition) is 0. The van der Waals surface area contributed by atoms with E-state index in [1.807, 2.05) is 0 Å². The van der Waals surface area contributed by atoms with Crippen molar-refractivity contribution in [2.75, 3.05) is 0 Å². The average molecular weight is 310 g/mol. The maximum atomic E-state index is 12.7. The van der Waals surface area contributed by atoms with Gasteiger partial charge in [-0.3, -0.25) is 9.97 Å². The second-order valence-corrected chi connectivity index (χ2v) is 4.09. The highest BCUT2D eigenvalue weighted by atomic mass is 35.5. The Morgan fingerprint density at radius 1 is 1.00 bits per heavy atom. The van der Waals surface area contributed by atoms with Gasteiger partial charge in [-0.2, -0.15) is 13.2 Å². The molecule has 0 N–H and O–H groups in total. The predicted molar refractivity (Wildman–Crippen MR) is 60.2 cm³/mol. The van der Waals surface area contributed by atoms with Crippen LogP contribution in [-0.2, 0) is 6.18 Å². The summed E-state index contributed by atoms with van der Waals surface area (Å²) in [6, 6.07) is 2.70. The highest BCUT2D eigenvalue weighted by molar-refractivity contribution is 6.30. The Bertz CT molecular complexity index is 612. The average Bonchev–Trinajstić information content (AvgIpc) is 2.38. The SMILES string of the molecule is FC(F)c1ncc(-c2ccc(Cl)cn2)nc1C(F)(F)F. The third-order valence-corrected chi connectivity index (χ3v) is 2.49. The van der Waals surface area contributed by atoms with Gasteiger partial charge in [0.05, 0.1) is 16.9 Å². The largest absolute Gasteiger partial charge is 0.435 e. The molecule has 0 atom stereocenters. The van der Waals surface area contributed by atoms with Crippen molar-refractivity contribution in [2.45, 2.75) is 12.6 Å². The molecule has 0 unspecified atom stereocenters. The van der Waals surface area contributed by atoms with Crippen LogP contribution in [0.2, 0.25) is 5.02 Å². The van der Waals surface area contributed by atoms with Crippen LogP contribution in [0.5, 0.6) is 0 Å². The molecule has 20 heavy (non-hydrogen) atoms.